The van der Waals surface area contributed by atoms with E-state index in [-0.39, 0.29) is 23.1 Å². The Hall–Kier alpha value is -1.00. The average Bonchev–Trinajstić information content (AvgIpc) is 2.30. The molecule has 0 saturated heterocycles. The summed E-state index contributed by atoms with van der Waals surface area (Å²) in [7, 11) is 0. The highest BCUT2D eigenvalue weighted by Gasteiger charge is 2.25. The molecule has 88 valence electrons. The molecule has 5 heteroatoms. The molecule has 2 rings (SSSR count). The highest BCUT2D eigenvalue weighted by molar-refractivity contribution is 6.31. The maximum absolute atomic E-state index is 13.8. The van der Waals surface area contributed by atoms with Crippen molar-refractivity contribution in [2.24, 2.45) is 0 Å². The summed E-state index contributed by atoms with van der Waals surface area (Å²) in [5.41, 5.74) is 0.282. The van der Waals surface area contributed by atoms with Gasteiger partial charge in [-0.3, -0.25) is 0 Å². The van der Waals surface area contributed by atoms with Gasteiger partial charge in [-0.2, -0.15) is 0 Å². The summed E-state index contributed by atoms with van der Waals surface area (Å²) >= 11 is 5.76. The third-order valence-electron chi connectivity index (χ3n) is 2.53. The monoisotopic (exact) mass is 246 g/mol. The van der Waals surface area contributed by atoms with Gasteiger partial charge in [0.2, 0.25) is 0 Å². The fraction of sp³-hybridized carbons (Fsp3) is 0.455. The van der Waals surface area contributed by atoms with Crippen molar-refractivity contribution < 1.29 is 19.0 Å². The van der Waals surface area contributed by atoms with Crippen molar-refractivity contribution in [1.82, 2.24) is 0 Å². The van der Waals surface area contributed by atoms with Crippen LogP contribution in [0.15, 0.2) is 6.07 Å². The molecule has 1 atom stereocenters. The van der Waals surface area contributed by atoms with Crippen LogP contribution in [0.4, 0.5) is 4.39 Å². The lowest BCUT2D eigenvalue weighted by molar-refractivity contribution is 0.166. The van der Waals surface area contributed by atoms with E-state index < -0.39 is 5.82 Å². The second-order valence-corrected chi connectivity index (χ2v) is 4.10. The predicted molar refractivity (Wildman–Crippen MR) is 57.9 cm³/mol. The van der Waals surface area contributed by atoms with Gasteiger partial charge in [0.1, 0.15) is 19.0 Å². The molecular formula is C11H12ClFO3. The first-order chi connectivity index (χ1) is 7.65. The van der Waals surface area contributed by atoms with Gasteiger partial charge in [-0.25, -0.2) is 4.39 Å². The van der Waals surface area contributed by atoms with Crippen molar-refractivity contribution in [2.75, 3.05) is 19.8 Å². The van der Waals surface area contributed by atoms with E-state index in [4.69, 9.17) is 26.2 Å². The van der Waals surface area contributed by atoms with Crippen LogP contribution in [0.1, 0.15) is 18.4 Å². The van der Waals surface area contributed by atoms with Gasteiger partial charge in [-0.15, -0.1) is 0 Å². The minimum absolute atomic E-state index is 0.0143. The SMILES string of the molecule is CC(CO)c1c(F)c(Cl)cc2c1OCCO2. The first kappa shape index (κ1) is 11.5. The molecule has 1 heterocycles. The van der Waals surface area contributed by atoms with E-state index in [0.29, 0.717) is 24.7 Å². The molecule has 0 aromatic heterocycles. The first-order valence-electron chi connectivity index (χ1n) is 5.03. The molecule has 16 heavy (non-hydrogen) atoms. The minimum Gasteiger partial charge on any atom is -0.486 e. The topological polar surface area (TPSA) is 38.7 Å². The Balaban J connectivity index is 2.59. The Morgan fingerprint density at radius 1 is 1.50 bits per heavy atom. The minimum atomic E-state index is -0.549. The van der Waals surface area contributed by atoms with E-state index >= 15 is 0 Å². The Morgan fingerprint density at radius 3 is 2.88 bits per heavy atom. The second kappa shape index (κ2) is 4.47. The largest absolute Gasteiger partial charge is 0.486 e. The summed E-state index contributed by atoms with van der Waals surface area (Å²) < 4.78 is 24.6. The maximum Gasteiger partial charge on any atom is 0.167 e. The van der Waals surface area contributed by atoms with Crippen molar-refractivity contribution in [3.8, 4) is 11.5 Å². The normalized spacial score (nSPS) is 16.0. The van der Waals surface area contributed by atoms with E-state index in [1.165, 1.54) is 6.07 Å². The molecule has 1 N–H and O–H groups in total. The lowest BCUT2D eigenvalue weighted by atomic mass is 9.99. The number of halogens is 2. The number of hydrogen-bond donors (Lipinski definition) is 1. The van der Waals surface area contributed by atoms with Crippen molar-refractivity contribution in [2.45, 2.75) is 12.8 Å². The number of aliphatic hydroxyl groups excluding tert-OH is 1. The Labute approximate surface area is 97.7 Å². The molecule has 1 aliphatic rings. The fourth-order valence-electron chi connectivity index (χ4n) is 1.69. The molecule has 0 radical (unpaired) electrons. The molecule has 3 nitrogen and oxygen atoms in total. The van der Waals surface area contributed by atoms with E-state index in [1.807, 2.05) is 0 Å². The van der Waals surface area contributed by atoms with E-state index in [2.05, 4.69) is 0 Å². The molecular weight excluding hydrogens is 235 g/mol. The van der Waals surface area contributed by atoms with Crippen LogP contribution >= 0.6 is 11.6 Å². The van der Waals surface area contributed by atoms with Gasteiger partial charge in [-0.1, -0.05) is 18.5 Å². The van der Waals surface area contributed by atoms with E-state index in [9.17, 15) is 4.39 Å². The van der Waals surface area contributed by atoms with E-state index in [1.54, 1.807) is 6.92 Å². The first-order valence-corrected chi connectivity index (χ1v) is 5.41. The molecule has 0 saturated carbocycles. The molecule has 1 unspecified atom stereocenters. The molecule has 1 aromatic carbocycles. The number of ether oxygens (including phenoxy) is 2. The zero-order chi connectivity index (χ0) is 11.7. The van der Waals surface area contributed by atoms with Gasteiger partial charge >= 0.3 is 0 Å². The van der Waals surface area contributed by atoms with Crippen molar-refractivity contribution >= 4 is 11.6 Å². The van der Waals surface area contributed by atoms with Gasteiger partial charge in [0, 0.05) is 24.2 Å². The standard InChI is InChI=1S/C11H12ClFO3/c1-6(5-14)9-10(13)7(12)4-8-11(9)16-3-2-15-8/h4,6,14H,2-3,5H2,1H3. The van der Waals surface area contributed by atoms with Crippen LogP contribution in [0.25, 0.3) is 0 Å². The summed E-state index contributed by atoms with van der Waals surface area (Å²) in [6, 6.07) is 1.40. The summed E-state index contributed by atoms with van der Waals surface area (Å²) in [5.74, 6) is -0.135. The van der Waals surface area contributed by atoms with Crippen LogP contribution in [-0.2, 0) is 0 Å². The zero-order valence-electron chi connectivity index (χ0n) is 8.80. The van der Waals surface area contributed by atoms with E-state index in [0.717, 1.165) is 0 Å². The molecule has 1 aliphatic heterocycles. The molecule has 0 bridgehead atoms. The lowest BCUT2D eigenvalue weighted by Crippen LogP contribution is -2.18. The maximum atomic E-state index is 13.8. The highest BCUT2D eigenvalue weighted by atomic mass is 35.5. The molecule has 0 aliphatic carbocycles. The van der Waals surface area contributed by atoms with Crippen molar-refractivity contribution in [3.63, 3.8) is 0 Å². The van der Waals surface area contributed by atoms with Crippen LogP contribution < -0.4 is 9.47 Å². The number of benzene rings is 1. The quantitative estimate of drug-likeness (QED) is 0.871. The summed E-state index contributed by atoms with van der Waals surface area (Å²) in [5, 5.41) is 9.08. The predicted octanol–water partition coefficient (Wildman–Crippen LogP) is 2.35. The van der Waals surface area contributed by atoms with Crippen LogP contribution in [0, 0.1) is 5.82 Å². The number of rotatable bonds is 2. The number of aliphatic hydroxyl groups is 1. The average molecular weight is 247 g/mol. The molecule has 0 spiro atoms. The van der Waals surface area contributed by atoms with Crippen molar-refractivity contribution in [3.05, 3.63) is 22.5 Å². The van der Waals surface area contributed by atoms with Crippen LogP contribution in [0.2, 0.25) is 5.02 Å². The van der Waals surface area contributed by atoms with Gasteiger partial charge in [-0.05, 0) is 0 Å². The van der Waals surface area contributed by atoms with Gasteiger partial charge < -0.3 is 14.6 Å². The van der Waals surface area contributed by atoms with Gasteiger partial charge in [0.05, 0.1) is 5.02 Å². The summed E-state index contributed by atoms with van der Waals surface area (Å²) in [6.07, 6.45) is 0. The zero-order valence-corrected chi connectivity index (χ0v) is 9.55. The third kappa shape index (κ3) is 1.83. The summed E-state index contributed by atoms with van der Waals surface area (Å²) in [6.45, 7) is 2.32. The Kier molecular flexibility index (Phi) is 3.21. The van der Waals surface area contributed by atoms with Crippen molar-refractivity contribution in [1.29, 1.82) is 0 Å². The number of fused-ring (bicyclic) bond motifs is 1. The highest BCUT2D eigenvalue weighted by Crippen LogP contribution is 2.42. The van der Waals surface area contributed by atoms with Gasteiger partial charge in [0.25, 0.3) is 0 Å². The van der Waals surface area contributed by atoms with Crippen LogP contribution in [-0.4, -0.2) is 24.9 Å². The molecule has 1 aromatic rings. The fourth-order valence-corrected chi connectivity index (χ4v) is 1.89. The lowest BCUT2D eigenvalue weighted by Gasteiger charge is -2.24. The smallest absolute Gasteiger partial charge is 0.167 e. The molecule has 0 fully saturated rings. The summed E-state index contributed by atoms with van der Waals surface area (Å²) in [4.78, 5) is 0. The Bertz CT molecular complexity index is 409. The van der Waals surface area contributed by atoms with Gasteiger partial charge in [0.15, 0.2) is 11.5 Å². The van der Waals surface area contributed by atoms with Crippen LogP contribution in [0.5, 0.6) is 11.5 Å². The third-order valence-corrected chi connectivity index (χ3v) is 2.80. The Morgan fingerprint density at radius 2 is 2.19 bits per heavy atom. The molecule has 0 amide bonds. The second-order valence-electron chi connectivity index (χ2n) is 3.69. The van der Waals surface area contributed by atoms with Crippen LogP contribution in [0.3, 0.4) is 0 Å². The number of hydrogen-bond acceptors (Lipinski definition) is 3.